The maximum absolute atomic E-state index is 13.1. The van der Waals surface area contributed by atoms with Crippen LogP contribution < -0.4 is 10.6 Å². The van der Waals surface area contributed by atoms with Crippen molar-refractivity contribution in [1.82, 2.24) is 9.78 Å². The summed E-state index contributed by atoms with van der Waals surface area (Å²) in [6, 6.07) is 14.2. The summed E-state index contributed by atoms with van der Waals surface area (Å²) in [7, 11) is 0. The molecule has 0 aliphatic carbocycles. The molecule has 2 aromatic carbocycles. The van der Waals surface area contributed by atoms with E-state index in [0.717, 1.165) is 32.8 Å². The van der Waals surface area contributed by atoms with Gasteiger partial charge in [-0.15, -0.1) is 0 Å². The quantitative estimate of drug-likeness (QED) is 0.551. The molecule has 0 saturated carbocycles. The normalized spacial score (nSPS) is 10.6. The predicted molar refractivity (Wildman–Crippen MR) is 111 cm³/mol. The zero-order valence-electron chi connectivity index (χ0n) is 14.4. The zero-order valence-corrected chi connectivity index (χ0v) is 16.8. The van der Waals surface area contributed by atoms with E-state index >= 15 is 0 Å². The third kappa shape index (κ3) is 4.47. The molecule has 3 rings (SSSR count). The summed E-state index contributed by atoms with van der Waals surface area (Å²) < 4.78 is 16.0. The van der Waals surface area contributed by atoms with Crippen LogP contribution in [0.3, 0.4) is 0 Å². The van der Waals surface area contributed by atoms with Gasteiger partial charge in [-0.25, -0.2) is 4.39 Å². The standard InChI is InChI=1S/C19H18BrFN4S/c1-12-18(23-19(26)22-17-9-5-15(20)6-10-17)13(2)25(24-12)11-14-3-7-16(21)8-4-14/h3-10H,11H2,1-2H3,(H2,22,23,26). The summed E-state index contributed by atoms with van der Waals surface area (Å²) in [5, 5.41) is 11.4. The fourth-order valence-corrected chi connectivity index (χ4v) is 3.09. The lowest BCUT2D eigenvalue weighted by Gasteiger charge is -2.11. The Morgan fingerprint density at radius 2 is 1.73 bits per heavy atom. The van der Waals surface area contributed by atoms with Crippen molar-refractivity contribution in [1.29, 1.82) is 0 Å². The summed E-state index contributed by atoms with van der Waals surface area (Å²) in [5.74, 6) is -0.242. The highest BCUT2D eigenvalue weighted by molar-refractivity contribution is 9.10. The molecule has 0 fully saturated rings. The smallest absolute Gasteiger partial charge is 0.175 e. The second-order valence-corrected chi connectivity index (χ2v) is 7.24. The molecule has 0 aliphatic heterocycles. The molecule has 0 spiro atoms. The van der Waals surface area contributed by atoms with Crippen LogP contribution in [0.4, 0.5) is 15.8 Å². The van der Waals surface area contributed by atoms with Crippen molar-refractivity contribution in [3.63, 3.8) is 0 Å². The Labute approximate surface area is 165 Å². The maximum Gasteiger partial charge on any atom is 0.175 e. The number of halogens is 2. The van der Waals surface area contributed by atoms with E-state index in [0.29, 0.717) is 11.7 Å². The van der Waals surface area contributed by atoms with Crippen molar-refractivity contribution in [2.24, 2.45) is 0 Å². The predicted octanol–water partition coefficient (Wildman–Crippen LogP) is 5.26. The van der Waals surface area contributed by atoms with Crippen molar-refractivity contribution >= 4 is 44.6 Å². The summed E-state index contributed by atoms with van der Waals surface area (Å²) in [4.78, 5) is 0. The lowest BCUT2D eigenvalue weighted by molar-refractivity contribution is 0.622. The van der Waals surface area contributed by atoms with Crippen molar-refractivity contribution in [2.75, 3.05) is 10.6 Å². The van der Waals surface area contributed by atoms with E-state index in [4.69, 9.17) is 12.2 Å². The molecule has 1 heterocycles. The molecule has 0 atom stereocenters. The second kappa shape index (κ2) is 7.97. The van der Waals surface area contributed by atoms with Gasteiger partial charge in [0.1, 0.15) is 5.82 Å². The molecule has 0 unspecified atom stereocenters. The van der Waals surface area contributed by atoms with Crippen LogP contribution in [0.5, 0.6) is 0 Å². The lowest BCUT2D eigenvalue weighted by Crippen LogP contribution is -2.20. The number of aryl methyl sites for hydroxylation is 1. The number of anilines is 2. The number of aromatic nitrogens is 2. The Morgan fingerprint density at radius 3 is 2.38 bits per heavy atom. The van der Waals surface area contributed by atoms with Gasteiger partial charge < -0.3 is 10.6 Å². The van der Waals surface area contributed by atoms with Crippen LogP contribution in [0, 0.1) is 19.7 Å². The van der Waals surface area contributed by atoms with Gasteiger partial charge >= 0.3 is 0 Å². The Bertz CT molecular complexity index is 920. The third-order valence-electron chi connectivity index (χ3n) is 3.97. The van der Waals surface area contributed by atoms with E-state index in [1.165, 1.54) is 12.1 Å². The van der Waals surface area contributed by atoms with Crippen LogP contribution in [-0.2, 0) is 6.54 Å². The monoisotopic (exact) mass is 432 g/mol. The minimum absolute atomic E-state index is 0.242. The summed E-state index contributed by atoms with van der Waals surface area (Å²) in [6.45, 7) is 4.48. The average molecular weight is 433 g/mol. The van der Waals surface area contributed by atoms with E-state index in [2.05, 4.69) is 31.7 Å². The Kier molecular flexibility index (Phi) is 5.68. The SMILES string of the molecule is Cc1nn(Cc2ccc(F)cc2)c(C)c1NC(=S)Nc1ccc(Br)cc1. The number of nitrogens with zero attached hydrogens (tertiary/aromatic N) is 2. The first-order chi connectivity index (χ1) is 12.4. The van der Waals surface area contributed by atoms with Crippen LogP contribution in [0.25, 0.3) is 0 Å². The zero-order chi connectivity index (χ0) is 18.7. The number of benzene rings is 2. The highest BCUT2D eigenvalue weighted by Gasteiger charge is 2.13. The van der Waals surface area contributed by atoms with Crippen LogP contribution in [-0.4, -0.2) is 14.9 Å². The van der Waals surface area contributed by atoms with E-state index in [-0.39, 0.29) is 5.82 Å². The summed E-state index contributed by atoms with van der Waals surface area (Å²) >= 11 is 8.82. The highest BCUT2D eigenvalue weighted by atomic mass is 79.9. The minimum Gasteiger partial charge on any atom is -0.332 e. The Morgan fingerprint density at radius 1 is 1.08 bits per heavy atom. The molecule has 0 radical (unpaired) electrons. The highest BCUT2D eigenvalue weighted by Crippen LogP contribution is 2.21. The molecule has 0 amide bonds. The van der Waals surface area contributed by atoms with Gasteiger partial charge in [-0.3, -0.25) is 4.68 Å². The van der Waals surface area contributed by atoms with E-state index < -0.39 is 0 Å². The van der Waals surface area contributed by atoms with Crippen molar-refractivity contribution in [3.05, 3.63) is 75.8 Å². The fourth-order valence-electron chi connectivity index (χ4n) is 2.60. The number of hydrogen-bond acceptors (Lipinski definition) is 2. The van der Waals surface area contributed by atoms with E-state index in [1.54, 1.807) is 12.1 Å². The van der Waals surface area contributed by atoms with Crippen molar-refractivity contribution in [3.8, 4) is 0 Å². The maximum atomic E-state index is 13.1. The van der Waals surface area contributed by atoms with Gasteiger partial charge in [-0.1, -0.05) is 28.1 Å². The van der Waals surface area contributed by atoms with E-state index in [9.17, 15) is 4.39 Å². The van der Waals surface area contributed by atoms with Gasteiger partial charge in [0.2, 0.25) is 0 Å². The van der Waals surface area contributed by atoms with Gasteiger partial charge in [0.05, 0.1) is 23.6 Å². The van der Waals surface area contributed by atoms with Gasteiger partial charge in [0.15, 0.2) is 5.11 Å². The number of nitrogens with one attached hydrogen (secondary N) is 2. The molecular formula is C19H18BrFN4S. The first kappa shape index (κ1) is 18.5. The first-order valence-corrected chi connectivity index (χ1v) is 9.24. The van der Waals surface area contributed by atoms with Crippen LogP contribution >= 0.6 is 28.1 Å². The molecular weight excluding hydrogens is 415 g/mol. The molecule has 134 valence electrons. The lowest BCUT2D eigenvalue weighted by atomic mass is 10.2. The second-order valence-electron chi connectivity index (χ2n) is 5.92. The van der Waals surface area contributed by atoms with Crippen LogP contribution in [0.2, 0.25) is 0 Å². The van der Waals surface area contributed by atoms with E-state index in [1.807, 2.05) is 42.8 Å². The molecule has 2 N–H and O–H groups in total. The number of rotatable bonds is 4. The summed E-state index contributed by atoms with van der Waals surface area (Å²) in [6.07, 6.45) is 0. The summed E-state index contributed by atoms with van der Waals surface area (Å²) in [5.41, 5.74) is 4.58. The van der Waals surface area contributed by atoms with Crippen molar-refractivity contribution < 1.29 is 4.39 Å². The van der Waals surface area contributed by atoms with Gasteiger partial charge in [-0.2, -0.15) is 5.10 Å². The number of hydrogen-bond donors (Lipinski definition) is 2. The van der Waals surface area contributed by atoms with Gasteiger partial charge in [0, 0.05) is 10.2 Å². The molecule has 7 heteroatoms. The Balaban J connectivity index is 1.71. The molecule has 0 bridgehead atoms. The fraction of sp³-hybridized carbons (Fsp3) is 0.158. The minimum atomic E-state index is -0.242. The van der Waals surface area contributed by atoms with Crippen LogP contribution in [0.15, 0.2) is 53.0 Å². The number of thiocarbonyl (C=S) groups is 1. The third-order valence-corrected chi connectivity index (χ3v) is 4.70. The molecule has 0 aliphatic rings. The van der Waals surface area contributed by atoms with Gasteiger partial charge in [0.25, 0.3) is 0 Å². The molecule has 0 saturated heterocycles. The average Bonchev–Trinajstić information content (AvgIpc) is 2.86. The van der Waals surface area contributed by atoms with Crippen molar-refractivity contribution in [2.45, 2.75) is 20.4 Å². The molecule has 4 nitrogen and oxygen atoms in total. The van der Waals surface area contributed by atoms with Crippen LogP contribution in [0.1, 0.15) is 17.0 Å². The molecule has 26 heavy (non-hydrogen) atoms. The Hall–Kier alpha value is -2.25. The first-order valence-electron chi connectivity index (χ1n) is 8.04. The topological polar surface area (TPSA) is 41.9 Å². The largest absolute Gasteiger partial charge is 0.332 e. The molecule has 3 aromatic rings. The van der Waals surface area contributed by atoms with Gasteiger partial charge in [-0.05, 0) is 68.0 Å². The molecule has 1 aromatic heterocycles.